The monoisotopic (exact) mass is 281 g/mol. The molecule has 1 aromatic heterocycles. The van der Waals surface area contributed by atoms with Crippen molar-refractivity contribution in [3.05, 3.63) is 17.8 Å². The second-order valence-corrected chi connectivity index (χ2v) is 5.78. The van der Waals surface area contributed by atoms with E-state index in [1.807, 2.05) is 11.8 Å². The van der Waals surface area contributed by atoms with Gasteiger partial charge in [0, 0.05) is 11.3 Å². The quantitative estimate of drug-likeness (QED) is 0.566. The zero-order valence-electron chi connectivity index (χ0n) is 10.9. The van der Waals surface area contributed by atoms with Crippen LogP contribution in [-0.4, -0.2) is 33.7 Å². The number of nitrogens with two attached hydrogens (primary N) is 1. The fraction of sp³-hybridized carbons (Fsp3) is 0.583. The summed E-state index contributed by atoms with van der Waals surface area (Å²) in [6.07, 6.45) is 6.60. The number of nitrogens with zero attached hydrogens (tertiary/aromatic N) is 2. The van der Waals surface area contributed by atoms with Gasteiger partial charge in [0.15, 0.2) is 11.5 Å². The highest BCUT2D eigenvalue weighted by Gasteiger charge is 2.23. The lowest BCUT2D eigenvalue weighted by molar-refractivity contribution is 0.0922. The number of hydrogen-bond acceptors (Lipinski definition) is 6. The second kappa shape index (κ2) is 6.72. The Morgan fingerprint density at radius 3 is 2.89 bits per heavy atom. The number of aromatic nitrogens is 2. The minimum Gasteiger partial charge on any atom is -0.348 e. The molecule has 2 rings (SSSR count). The van der Waals surface area contributed by atoms with Gasteiger partial charge in [-0.3, -0.25) is 4.79 Å². The first kappa shape index (κ1) is 14.1. The van der Waals surface area contributed by atoms with Crippen LogP contribution < -0.4 is 16.6 Å². The standard InChI is InChI=1S/C12H19N5OS/c1-19-9-4-2-3-8(7-9)14-12(18)10-5-6-11(15-13)17-16-10/h5-6,8-9H,2-4,7,13H2,1H3,(H,14,18)(H,15,17). The third-order valence-electron chi connectivity index (χ3n) is 3.34. The van der Waals surface area contributed by atoms with E-state index in [2.05, 4.69) is 27.2 Å². The van der Waals surface area contributed by atoms with Gasteiger partial charge in [-0.1, -0.05) is 6.42 Å². The molecule has 104 valence electrons. The lowest BCUT2D eigenvalue weighted by atomic mass is 9.95. The number of amides is 1. The molecule has 2 unspecified atom stereocenters. The van der Waals surface area contributed by atoms with Gasteiger partial charge in [0.05, 0.1) is 0 Å². The highest BCUT2D eigenvalue weighted by Crippen LogP contribution is 2.26. The minimum atomic E-state index is -0.164. The van der Waals surface area contributed by atoms with Gasteiger partial charge in [0.2, 0.25) is 0 Å². The molecule has 1 heterocycles. The average molecular weight is 281 g/mol. The molecular weight excluding hydrogens is 262 g/mol. The topological polar surface area (TPSA) is 92.9 Å². The molecule has 1 aliphatic rings. The van der Waals surface area contributed by atoms with Crippen LogP contribution in [0.4, 0.5) is 5.82 Å². The van der Waals surface area contributed by atoms with Crippen molar-refractivity contribution in [3.63, 3.8) is 0 Å². The Morgan fingerprint density at radius 2 is 2.26 bits per heavy atom. The van der Waals surface area contributed by atoms with Gasteiger partial charge < -0.3 is 10.7 Å². The summed E-state index contributed by atoms with van der Waals surface area (Å²) in [6, 6.07) is 3.49. The van der Waals surface area contributed by atoms with Crippen LogP contribution in [0.15, 0.2) is 12.1 Å². The summed E-state index contributed by atoms with van der Waals surface area (Å²) in [6.45, 7) is 0. The molecule has 4 N–H and O–H groups in total. The summed E-state index contributed by atoms with van der Waals surface area (Å²) in [4.78, 5) is 12.0. The van der Waals surface area contributed by atoms with Crippen LogP contribution in [0.5, 0.6) is 0 Å². The molecule has 0 spiro atoms. The van der Waals surface area contributed by atoms with E-state index in [1.165, 1.54) is 6.42 Å². The maximum atomic E-state index is 12.0. The Balaban J connectivity index is 1.92. The maximum absolute atomic E-state index is 12.0. The summed E-state index contributed by atoms with van der Waals surface area (Å²) in [5.74, 6) is 5.48. The van der Waals surface area contributed by atoms with Gasteiger partial charge in [-0.15, -0.1) is 10.2 Å². The number of anilines is 1. The smallest absolute Gasteiger partial charge is 0.272 e. The third kappa shape index (κ3) is 3.81. The fourth-order valence-corrected chi connectivity index (χ4v) is 3.11. The summed E-state index contributed by atoms with van der Waals surface area (Å²) < 4.78 is 0. The van der Waals surface area contributed by atoms with E-state index >= 15 is 0 Å². The van der Waals surface area contributed by atoms with E-state index in [0.29, 0.717) is 16.8 Å². The van der Waals surface area contributed by atoms with Gasteiger partial charge in [0.1, 0.15) is 0 Å². The average Bonchev–Trinajstić information content (AvgIpc) is 2.47. The van der Waals surface area contributed by atoms with Crippen molar-refractivity contribution in [2.45, 2.75) is 37.0 Å². The number of carbonyl (C=O) groups is 1. The van der Waals surface area contributed by atoms with E-state index in [1.54, 1.807) is 12.1 Å². The third-order valence-corrected chi connectivity index (χ3v) is 4.43. The molecule has 0 radical (unpaired) electrons. The Morgan fingerprint density at radius 1 is 1.42 bits per heavy atom. The summed E-state index contributed by atoms with van der Waals surface area (Å²) >= 11 is 1.88. The Kier molecular flexibility index (Phi) is 4.98. The van der Waals surface area contributed by atoms with E-state index in [9.17, 15) is 4.79 Å². The molecule has 1 aromatic rings. The van der Waals surface area contributed by atoms with Crippen molar-refractivity contribution in [1.82, 2.24) is 15.5 Å². The minimum absolute atomic E-state index is 0.164. The first-order chi connectivity index (χ1) is 9.22. The molecule has 1 saturated carbocycles. The highest BCUT2D eigenvalue weighted by atomic mass is 32.2. The summed E-state index contributed by atoms with van der Waals surface area (Å²) in [5.41, 5.74) is 2.70. The molecule has 0 aromatic carbocycles. The zero-order chi connectivity index (χ0) is 13.7. The van der Waals surface area contributed by atoms with Crippen molar-refractivity contribution in [1.29, 1.82) is 0 Å². The number of carbonyl (C=O) groups excluding carboxylic acids is 1. The molecule has 0 aliphatic heterocycles. The van der Waals surface area contributed by atoms with Gasteiger partial charge in [-0.2, -0.15) is 11.8 Å². The lowest BCUT2D eigenvalue weighted by Gasteiger charge is -2.28. The predicted molar refractivity (Wildman–Crippen MR) is 76.9 cm³/mol. The summed E-state index contributed by atoms with van der Waals surface area (Å²) in [7, 11) is 0. The number of thioether (sulfide) groups is 1. The SMILES string of the molecule is CSC1CCCC(NC(=O)c2ccc(NN)nn2)C1. The van der Waals surface area contributed by atoms with E-state index in [0.717, 1.165) is 19.3 Å². The van der Waals surface area contributed by atoms with Crippen molar-refractivity contribution < 1.29 is 4.79 Å². The molecule has 6 nitrogen and oxygen atoms in total. The zero-order valence-corrected chi connectivity index (χ0v) is 11.7. The Hall–Kier alpha value is -1.34. The predicted octanol–water partition coefficient (Wildman–Crippen LogP) is 1.17. The molecule has 1 amide bonds. The van der Waals surface area contributed by atoms with E-state index in [-0.39, 0.29) is 11.9 Å². The van der Waals surface area contributed by atoms with Gasteiger partial charge >= 0.3 is 0 Å². The summed E-state index contributed by atoms with van der Waals surface area (Å²) in [5, 5.41) is 11.3. The lowest BCUT2D eigenvalue weighted by Crippen LogP contribution is -2.39. The van der Waals surface area contributed by atoms with Crippen LogP contribution in [0, 0.1) is 0 Å². The van der Waals surface area contributed by atoms with Crippen molar-refractivity contribution in [2.24, 2.45) is 5.84 Å². The highest BCUT2D eigenvalue weighted by molar-refractivity contribution is 7.99. The normalized spacial score (nSPS) is 22.8. The number of nitrogens with one attached hydrogen (secondary N) is 2. The molecule has 1 aliphatic carbocycles. The fourth-order valence-electron chi connectivity index (χ4n) is 2.28. The van der Waals surface area contributed by atoms with Crippen molar-refractivity contribution in [2.75, 3.05) is 11.7 Å². The Bertz CT molecular complexity index is 425. The molecule has 2 atom stereocenters. The molecule has 0 bridgehead atoms. The largest absolute Gasteiger partial charge is 0.348 e. The molecule has 19 heavy (non-hydrogen) atoms. The maximum Gasteiger partial charge on any atom is 0.272 e. The number of rotatable bonds is 4. The molecular formula is C12H19N5OS. The number of nitrogen functional groups attached to an aromatic ring is 1. The van der Waals surface area contributed by atoms with Gasteiger partial charge in [0.25, 0.3) is 5.91 Å². The van der Waals surface area contributed by atoms with Crippen LogP contribution in [0.1, 0.15) is 36.2 Å². The van der Waals surface area contributed by atoms with Gasteiger partial charge in [-0.05, 0) is 37.7 Å². The number of hydrazine groups is 1. The molecule has 0 saturated heterocycles. The van der Waals surface area contributed by atoms with Crippen LogP contribution >= 0.6 is 11.8 Å². The Labute approximate surface area is 116 Å². The van der Waals surface area contributed by atoms with Crippen LogP contribution in [0.3, 0.4) is 0 Å². The first-order valence-electron chi connectivity index (χ1n) is 6.37. The second-order valence-electron chi connectivity index (χ2n) is 4.64. The van der Waals surface area contributed by atoms with E-state index < -0.39 is 0 Å². The van der Waals surface area contributed by atoms with Crippen molar-refractivity contribution in [3.8, 4) is 0 Å². The first-order valence-corrected chi connectivity index (χ1v) is 7.65. The van der Waals surface area contributed by atoms with Crippen LogP contribution in [0.25, 0.3) is 0 Å². The van der Waals surface area contributed by atoms with E-state index in [4.69, 9.17) is 5.84 Å². The van der Waals surface area contributed by atoms with Crippen LogP contribution in [-0.2, 0) is 0 Å². The van der Waals surface area contributed by atoms with Crippen molar-refractivity contribution >= 4 is 23.5 Å². The van der Waals surface area contributed by atoms with Crippen LogP contribution in [0.2, 0.25) is 0 Å². The van der Waals surface area contributed by atoms with Gasteiger partial charge in [-0.25, -0.2) is 5.84 Å². The number of hydrogen-bond donors (Lipinski definition) is 3. The molecule has 1 fully saturated rings. The molecule has 7 heteroatoms.